The Bertz CT molecular complexity index is 246. The Balaban J connectivity index is 1.99. The van der Waals surface area contributed by atoms with E-state index in [2.05, 4.69) is 4.74 Å². The van der Waals surface area contributed by atoms with Gasteiger partial charge >= 0.3 is 6.36 Å². The third-order valence-corrected chi connectivity index (χ3v) is 3.37. The fraction of sp³-hybridized carbons (Fsp3) is 1.00. The van der Waals surface area contributed by atoms with Crippen LogP contribution in [0, 0.1) is 0 Å². The van der Waals surface area contributed by atoms with Gasteiger partial charge in [0.1, 0.15) is 0 Å². The minimum atomic E-state index is -4.57. The zero-order valence-corrected chi connectivity index (χ0v) is 8.26. The Morgan fingerprint density at radius 1 is 1.47 bits per heavy atom. The van der Waals surface area contributed by atoms with Crippen molar-refractivity contribution < 1.29 is 23.0 Å². The molecule has 6 heteroatoms. The molecule has 2 heterocycles. The summed E-state index contributed by atoms with van der Waals surface area (Å²) in [6, 6.07) is 0. The number of aliphatic hydroxyl groups is 1. The van der Waals surface area contributed by atoms with E-state index < -0.39 is 18.0 Å². The van der Waals surface area contributed by atoms with Gasteiger partial charge in [0.15, 0.2) is 0 Å². The summed E-state index contributed by atoms with van der Waals surface area (Å²) < 4.78 is 40.0. The van der Waals surface area contributed by atoms with Crippen molar-refractivity contribution in [2.24, 2.45) is 0 Å². The van der Waals surface area contributed by atoms with Gasteiger partial charge in [0.2, 0.25) is 0 Å². The van der Waals surface area contributed by atoms with Gasteiger partial charge in [-0.05, 0) is 25.8 Å². The van der Waals surface area contributed by atoms with Crippen LogP contribution in [0.5, 0.6) is 0 Å². The number of fused-ring (bicyclic) bond motifs is 1. The molecule has 0 unspecified atom stereocenters. The number of hydrogen-bond acceptors (Lipinski definition) is 3. The van der Waals surface area contributed by atoms with Crippen LogP contribution in [0.2, 0.25) is 0 Å². The van der Waals surface area contributed by atoms with Gasteiger partial charge in [-0.3, -0.25) is 9.64 Å². The van der Waals surface area contributed by atoms with E-state index in [4.69, 9.17) is 0 Å². The minimum Gasteiger partial charge on any atom is -0.394 e. The second-order valence-electron chi connectivity index (χ2n) is 4.32. The van der Waals surface area contributed by atoms with Crippen LogP contribution in [-0.2, 0) is 4.74 Å². The van der Waals surface area contributed by atoms with Gasteiger partial charge < -0.3 is 5.11 Å². The molecular weight excluding hydrogens is 211 g/mol. The molecule has 1 N–H and O–H groups in total. The number of alkyl halides is 3. The number of rotatable bonds is 2. The summed E-state index contributed by atoms with van der Waals surface area (Å²) in [5.41, 5.74) is -0.448. The van der Waals surface area contributed by atoms with Crippen LogP contribution in [0.25, 0.3) is 0 Å². The molecule has 2 aliphatic heterocycles. The van der Waals surface area contributed by atoms with E-state index in [9.17, 15) is 18.3 Å². The molecule has 0 aromatic heterocycles. The van der Waals surface area contributed by atoms with Crippen molar-refractivity contribution >= 4 is 0 Å². The van der Waals surface area contributed by atoms with E-state index in [1.807, 2.05) is 4.90 Å². The van der Waals surface area contributed by atoms with Crippen molar-refractivity contribution in [3.05, 3.63) is 0 Å². The molecule has 15 heavy (non-hydrogen) atoms. The molecule has 0 aliphatic carbocycles. The third kappa shape index (κ3) is 2.11. The lowest BCUT2D eigenvalue weighted by molar-refractivity contribution is -0.340. The largest absolute Gasteiger partial charge is 0.522 e. The lowest BCUT2D eigenvalue weighted by Crippen LogP contribution is -2.41. The molecule has 0 aromatic carbocycles. The topological polar surface area (TPSA) is 32.7 Å². The maximum absolute atomic E-state index is 12.0. The molecular formula is C9H14F3NO2. The standard InChI is InChI=1S/C9H14F3NO2/c10-9(11,12)15-7-4-8(6-14)2-1-3-13(8)5-7/h7,14H,1-6H2/t7-,8-/m1/s1. The number of aliphatic hydroxyl groups excluding tert-OH is 1. The van der Waals surface area contributed by atoms with Gasteiger partial charge in [-0.1, -0.05) is 0 Å². The molecule has 0 saturated carbocycles. The molecule has 0 spiro atoms. The highest BCUT2D eigenvalue weighted by Crippen LogP contribution is 2.40. The fourth-order valence-electron chi connectivity index (χ4n) is 2.76. The van der Waals surface area contributed by atoms with Crippen LogP contribution in [-0.4, -0.2) is 47.7 Å². The van der Waals surface area contributed by atoms with Crippen molar-refractivity contribution in [2.75, 3.05) is 19.7 Å². The highest BCUT2D eigenvalue weighted by molar-refractivity contribution is 5.03. The van der Waals surface area contributed by atoms with E-state index in [0.717, 1.165) is 19.4 Å². The summed E-state index contributed by atoms with van der Waals surface area (Å²) in [4.78, 5) is 1.92. The maximum Gasteiger partial charge on any atom is 0.522 e. The normalized spacial score (nSPS) is 37.2. The van der Waals surface area contributed by atoms with Crippen molar-refractivity contribution in [1.82, 2.24) is 4.90 Å². The van der Waals surface area contributed by atoms with Gasteiger partial charge in [-0.2, -0.15) is 0 Å². The molecule has 2 saturated heterocycles. The Labute approximate surface area is 85.8 Å². The van der Waals surface area contributed by atoms with Crippen LogP contribution >= 0.6 is 0 Å². The van der Waals surface area contributed by atoms with Crippen molar-refractivity contribution in [3.63, 3.8) is 0 Å². The molecule has 2 fully saturated rings. The summed E-state index contributed by atoms with van der Waals surface area (Å²) in [6.45, 7) is 0.961. The fourth-order valence-corrected chi connectivity index (χ4v) is 2.76. The summed E-state index contributed by atoms with van der Waals surface area (Å²) >= 11 is 0. The molecule has 0 aromatic rings. The van der Waals surface area contributed by atoms with E-state index >= 15 is 0 Å². The Hall–Kier alpha value is -0.330. The molecule has 0 radical (unpaired) electrons. The number of ether oxygens (including phenoxy) is 1. The highest BCUT2D eigenvalue weighted by Gasteiger charge is 2.50. The summed E-state index contributed by atoms with van der Waals surface area (Å²) in [6.07, 6.45) is -3.40. The zero-order chi connectivity index (χ0) is 11.1. The van der Waals surface area contributed by atoms with Crippen LogP contribution in [0.3, 0.4) is 0 Å². The predicted molar refractivity (Wildman–Crippen MR) is 46.2 cm³/mol. The van der Waals surface area contributed by atoms with Gasteiger partial charge in [-0.25, -0.2) is 0 Å². The third-order valence-electron chi connectivity index (χ3n) is 3.37. The summed E-state index contributed by atoms with van der Waals surface area (Å²) in [5, 5.41) is 9.26. The minimum absolute atomic E-state index is 0.0787. The van der Waals surface area contributed by atoms with E-state index in [1.54, 1.807) is 0 Å². The first-order valence-corrected chi connectivity index (χ1v) is 5.06. The average Bonchev–Trinajstić information content (AvgIpc) is 2.57. The number of halogens is 3. The molecule has 2 atom stereocenters. The van der Waals surface area contributed by atoms with Crippen molar-refractivity contribution in [3.8, 4) is 0 Å². The molecule has 88 valence electrons. The van der Waals surface area contributed by atoms with Gasteiger partial charge in [0.25, 0.3) is 0 Å². The molecule has 2 aliphatic rings. The SMILES string of the molecule is OC[C@]12CCCN1C[C@H](OC(F)(F)F)C2. The predicted octanol–water partition coefficient (Wildman–Crippen LogP) is 1.12. The van der Waals surface area contributed by atoms with Crippen molar-refractivity contribution in [2.45, 2.75) is 37.3 Å². The summed E-state index contributed by atoms with van der Waals surface area (Å²) in [5.74, 6) is 0. The first-order valence-electron chi connectivity index (χ1n) is 5.06. The maximum atomic E-state index is 12.0. The van der Waals surface area contributed by atoms with E-state index in [-0.39, 0.29) is 19.6 Å². The van der Waals surface area contributed by atoms with Crippen molar-refractivity contribution in [1.29, 1.82) is 0 Å². The zero-order valence-electron chi connectivity index (χ0n) is 8.26. The van der Waals surface area contributed by atoms with E-state index in [0.29, 0.717) is 0 Å². The number of hydrogen-bond donors (Lipinski definition) is 1. The molecule has 3 nitrogen and oxygen atoms in total. The number of nitrogens with zero attached hydrogens (tertiary/aromatic N) is 1. The van der Waals surface area contributed by atoms with Crippen LogP contribution in [0.4, 0.5) is 13.2 Å². The monoisotopic (exact) mass is 225 g/mol. The first kappa shape index (κ1) is 11.2. The lowest BCUT2D eigenvalue weighted by Gasteiger charge is -2.28. The average molecular weight is 225 g/mol. The highest BCUT2D eigenvalue weighted by atomic mass is 19.4. The molecule has 2 rings (SSSR count). The Kier molecular flexibility index (Phi) is 2.68. The van der Waals surface area contributed by atoms with Crippen LogP contribution in [0.1, 0.15) is 19.3 Å². The summed E-state index contributed by atoms with van der Waals surface area (Å²) in [7, 11) is 0. The molecule has 0 bridgehead atoms. The van der Waals surface area contributed by atoms with E-state index in [1.165, 1.54) is 0 Å². The first-order chi connectivity index (χ1) is 6.95. The Morgan fingerprint density at radius 2 is 2.20 bits per heavy atom. The van der Waals surface area contributed by atoms with Gasteiger partial charge in [-0.15, -0.1) is 13.2 Å². The van der Waals surface area contributed by atoms with Crippen LogP contribution in [0.15, 0.2) is 0 Å². The lowest BCUT2D eigenvalue weighted by atomic mass is 9.94. The second kappa shape index (κ2) is 3.61. The smallest absolute Gasteiger partial charge is 0.394 e. The quantitative estimate of drug-likeness (QED) is 0.764. The second-order valence-corrected chi connectivity index (χ2v) is 4.32. The molecule has 0 amide bonds. The van der Waals surface area contributed by atoms with Gasteiger partial charge in [0, 0.05) is 12.1 Å². The Morgan fingerprint density at radius 3 is 2.73 bits per heavy atom. The van der Waals surface area contributed by atoms with Gasteiger partial charge in [0.05, 0.1) is 12.7 Å². The van der Waals surface area contributed by atoms with Crippen LogP contribution < -0.4 is 0 Å².